The van der Waals surface area contributed by atoms with E-state index >= 15 is 0 Å². The first-order valence-corrected chi connectivity index (χ1v) is 8.58. The van der Waals surface area contributed by atoms with Gasteiger partial charge in [-0.3, -0.25) is 4.79 Å². The third-order valence-corrected chi connectivity index (χ3v) is 4.52. The van der Waals surface area contributed by atoms with Crippen molar-refractivity contribution in [3.05, 3.63) is 53.7 Å². The summed E-state index contributed by atoms with van der Waals surface area (Å²) in [6.45, 7) is 0.0449. The van der Waals surface area contributed by atoms with Gasteiger partial charge in [0.25, 0.3) is 5.91 Å². The van der Waals surface area contributed by atoms with Crippen LogP contribution in [0.2, 0.25) is 0 Å². The number of aromatic nitrogens is 1. The second-order valence-electron chi connectivity index (χ2n) is 6.52. The van der Waals surface area contributed by atoms with Crippen molar-refractivity contribution in [3.8, 4) is 11.6 Å². The Hall–Kier alpha value is -2.61. The number of hydrogen-bond acceptors (Lipinski definition) is 4. The second kappa shape index (κ2) is 7.56. The predicted octanol–water partition coefficient (Wildman–Crippen LogP) is 3.81. The Morgan fingerprint density at radius 1 is 1.22 bits per heavy atom. The van der Waals surface area contributed by atoms with Crippen LogP contribution >= 0.6 is 0 Å². The van der Waals surface area contributed by atoms with Gasteiger partial charge < -0.3 is 15.2 Å². The highest BCUT2D eigenvalue weighted by atomic mass is 19.4. The van der Waals surface area contributed by atoms with E-state index in [2.05, 4.69) is 10.3 Å². The molecule has 1 amide bonds. The smallest absolute Gasteiger partial charge is 0.416 e. The second-order valence-corrected chi connectivity index (χ2v) is 6.52. The normalized spacial score (nSPS) is 16.1. The number of nitrogens with one attached hydrogen (secondary N) is 1. The van der Waals surface area contributed by atoms with Crippen LogP contribution in [0.15, 0.2) is 42.6 Å². The van der Waals surface area contributed by atoms with Gasteiger partial charge in [0.1, 0.15) is 11.4 Å². The van der Waals surface area contributed by atoms with Crippen LogP contribution in [0.1, 0.15) is 36.8 Å². The molecule has 144 valence electrons. The van der Waals surface area contributed by atoms with E-state index in [9.17, 15) is 23.1 Å². The van der Waals surface area contributed by atoms with Crippen LogP contribution in [-0.4, -0.2) is 21.6 Å². The Morgan fingerprint density at radius 3 is 2.67 bits per heavy atom. The molecule has 1 aromatic carbocycles. The van der Waals surface area contributed by atoms with E-state index in [0.29, 0.717) is 18.4 Å². The molecule has 5 nitrogen and oxygen atoms in total. The topological polar surface area (TPSA) is 71.5 Å². The van der Waals surface area contributed by atoms with Crippen LogP contribution < -0.4 is 10.1 Å². The van der Waals surface area contributed by atoms with Crippen LogP contribution in [0, 0.1) is 0 Å². The molecule has 0 atom stereocenters. The minimum absolute atomic E-state index is 0.00878. The van der Waals surface area contributed by atoms with Crippen LogP contribution in [-0.2, 0) is 17.5 Å². The molecule has 1 aliphatic rings. The fourth-order valence-corrected chi connectivity index (χ4v) is 3.03. The molecular formula is C19H19F3N2O3. The minimum atomic E-state index is -4.48. The number of aliphatic hydroxyl groups is 1. The van der Waals surface area contributed by atoms with Gasteiger partial charge in [0.05, 0.1) is 5.56 Å². The molecule has 0 aliphatic heterocycles. The van der Waals surface area contributed by atoms with Gasteiger partial charge >= 0.3 is 6.18 Å². The molecule has 0 saturated heterocycles. The summed E-state index contributed by atoms with van der Waals surface area (Å²) in [6.07, 6.45) is -0.615. The third kappa shape index (κ3) is 4.57. The van der Waals surface area contributed by atoms with Gasteiger partial charge in [-0.15, -0.1) is 0 Å². The summed E-state index contributed by atoms with van der Waals surface area (Å²) in [6, 6.07) is 7.76. The SMILES string of the molecule is O=C(NCc1cccnc1Oc1cccc(C(F)(F)F)c1)C1(O)CCCC1. The Balaban J connectivity index is 1.72. The molecule has 27 heavy (non-hydrogen) atoms. The first-order valence-electron chi connectivity index (χ1n) is 8.58. The fraction of sp³-hybridized carbons (Fsp3) is 0.368. The van der Waals surface area contributed by atoms with Crippen molar-refractivity contribution in [1.29, 1.82) is 0 Å². The number of alkyl halides is 3. The predicted molar refractivity (Wildman–Crippen MR) is 91.0 cm³/mol. The highest BCUT2D eigenvalue weighted by Gasteiger charge is 2.38. The zero-order chi connectivity index (χ0) is 19.5. The van der Waals surface area contributed by atoms with Gasteiger partial charge in [0.2, 0.25) is 5.88 Å². The Morgan fingerprint density at radius 2 is 1.96 bits per heavy atom. The van der Waals surface area contributed by atoms with E-state index in [4.69, 9.17) is 4.74 Å². The molecule has 3 rings (SSSR count). The van der Waals surface area contributed by atoms with Crippen molar-refractivity contribution < 1.29 is 27.8 Å². The first kappa shape index (κ1) is 19.2. The lowest BCUT2D eigenvalue weighted by Crippen LogP contribution is -2.44. The number of carbonyl (C=O) groups excluding carboxylic acids is 1. The zero-order valence-corrected chi connectivity index (χ0v) is 14.4. The largest absolute Gasteiger partial charge is 0.439 e. The summed E-state index contributed by atoms with van der Waals surface area (Å²) >= 11 is 0. The number of ether oxygens (including phenoxy) is 1. The number of rotatable bonds is 5. The summed E-state index contributed by atoms with van der Waals surface area (Å²) in [7, 11) is 0. The summed E-state index contributed by atoms with van der Waals surface area (Å²) in [4.78, 5) is 16.3. The van der Waals surface area contributed by atoms with E-state index in [1.54, 1.807) is 12.1 Å². The zero-order valence-electron chi connectivity index (χ0n) is 14.4. The maximum atomic E-state index is 12.8. The van der Waals surface area contributed by atoms with E-state index in [1.807, 2.05) is 0 Å². The molecule has 2 aromatic rings. The summed E-state index contributed by atoms with van der Waals surface area (Å²) in [5, 5.41) is 12.9. The van der Waals surface area contributed by atoms with Crippen LogP contribution in [0.25, 0.3) is 0 Å². The summed E-state index contributed by atoms with van der Waals surface area (Å²) < 4.78 is 44.0. The molecule has 0 spiro atoms. The molecule has 0 bridgehead atoms. The van der Waals surface area contributed by atoms with Gasteiger partial charge in [0.15, 0.2) is 0 Å². The van der Waals surface area contributed by atoms with Crippen LogP contribution in [0.5, 0.6) is 11.6 Å². The van der Waals surface area contributed by atoms with Gasteiger partial charge in [-0.1, -0.05) is 12.1 Å². The van der Waals surface area contributed by atoms with Crippen LogP contribution in [0.3, 0.4) is 0 Å². The van der Waals surface area contributed by atoms with Crippen molar-refractivity contribution in [2.24, 2.45) is 0 Å². The molecule has 1 fully saturated rings. The van der Waals surface area contributed by atoms with Gasteiger partial charge in [-0.05, 0) is 49.9 Å². The first-order chi connectivity index (χ1) is 12.8. The average Bonchev–Trinajstić information content (AvgIpc) is 3.08. The van der Waals surface area contributed by atoms with Crippen molar-refractivity contribution in [3.63, 3.8) is 0 Å². The molecular weight excluding hydrogens is 361 g/mol. The molecule has 2 N–H and O–H groups in total. The lowest BCUT2D eigenvalue weighted by molar-refractivity contribution is -0.139. The molecule has 0 radical (unpaired) electrons. The number of halogens is 3. The molecule has 1 heterocycles. The number of benzene rings is 1. The molecule has 0 unspecified atom stereocenters. The van der Waals surface area contributed by atoms with E-state index in [-0.39, 0.29) is 18.2 Å². The van der Waals surface area contributed by atoms with Crippen molar-refractivity contribution in [2.75, 3.05) is 0 Å². The lowest BCUT2D eigenvalue weighted by atomic mass is 10.0. The number of carbonyl (C=O) groups is 1. The van der Waals surface area contributed by atoms with Gasteiger partial charge in [-0.2, -0.15) is 13.2 Å². The van der Waals surface area contributed by atoms with Crippen LogP contribution in [0.4, 0.5) is 13.2 Å². The Labute approximate surface area is 154 Å². The highest BCUT2D eigenvalue weighted by Crippen LogP contribution is 2.33. The average molecular weight is 380 g/mol. The molecule has 8 heteroatoms. The number of amides is 1. The van der Waals surface area contributed by atoms with Crippen molar-refractivity contribution in [2.45, 2.75) is 44.0 Å². The third-order valence-electron chi connectivity index (χ3n) is 4.52. The maximum Gasteiger partial charge on any atom is 0.416 e. The van der Waals surface area contributed by atoms with E-state index < -0.39 is 23.2 Å². The van der Waals surface area contributed by atoms with Crippen molar-refractivity contribution >= 4 is 5.91 Å². The number of hydrogen-bond donors (Lipinski definition) is 2. The highest BCUT2D eigenvalue weighted by molar-refractivity contribution is 5.85. The summed E-state index contributed by atoms with van der Waals surface area (Å²) in [5.41, 5.74) is -1.69. The quantitative estimate of drug-likeness (QED) is 0.827. The van der Waals surface area contributed by atoms with E-state index in [1.165, 1.54) is 18.3 Å². The molecule has 1 aromatic heterocycles. The summed E-state index contributed by atoms with van der Waals surface area (Å²) in [5.74, 6) is -0.380. The maximum absolute atomic E-state index is 12.8. The minimum Gasteiger partial charge on any atom is -0.439 e. The van der Waals surface area contributed by atoms with Gasteiger partial charge in [0, 0.05) is 18.3 Å². The van der Waals surface area contributed by atoms with E-state index in [0.717, 1.165) is 25.0 Å². The Bertz CT molecular complexity index is 818. The number of nitrogens with zero attached hydrogens (tertiary/aromatic N) is 1. The lowest BCUT2D eigenvalue weighted by Gasteiger charge is -2.21. The van der Waals surface area contributed by atoms with Gasteiger partial charge in [-0.25, -0.2) is 4.98 Å². The fourth-order valence-electron chi connectivity index (χ4n) is 3.03. The standard InChI is InChI=1S/C19H19F3N2O3/c20-19(21,22)14-6-3-7-15(11-14)27-16-13(5-4-10-23-16)12-24-17(25)18(26)8-1-2-9-18/h3-7,10-11,26H,1-2,8-9,12H2,(H,24,25). The molecule has 1 saturated carbocycles. The van der Waals surface area contributed by atoms with Crippen molar-refractivity contribution in [1.82, 2.24) is 10.3 Å². The monoisotopic (exact) mass is 380 g/mol. The Kier molecular flexibility index (Phi) is 5.36. The molecule has 1 aliphatic carbocycles. The number of pyridine rings is 1.